The van der Waals surface area contributed by atoms with Crippen molar-refractivity contribution in [1.29, 1.82) is 0 Å². The number of hydrogen-bond donors (Lipinski definition) is 1. The Morgan fingerprint density at radius 2 is 2.05 bits per heavy atom. The summed E-state index contributed by atoms with van der Waals surface area (Å²) in [5, 5.41) is 0. The van der Waals surface area contributed by atoms with Gasteiger partial charge in [-0.25, -0.2) is 4.72 Å². The van der Waals surface area contributed by atoms with Crippen molar-refractivity contribution in [2.45, 2.75) is 19.8 Å². The van der Waals surface area contributed by atoms with E-state index in [0.29, 0.717) is 25.4 Å². The number of carbonyl (C=O) groups excluding carboxylic acids is 1. The zero-order chi connectivity index (χ0) is 14.6. The molecule has 0 unspecified atom stereocenters. The Labute approximate surface area is 118 Å². The quantitative estimate of drug-likeness (QED) is 0.885. The average molecular weight is 298 g/mol. The third-order valence-corrected chi connectivity index (χ3v) is 4.52. The van der Waals surface area contributed by atoms with Gasteiger partial charge >= 0.3 is 10.2 Å². The molecule has 2 rings (SSSR count). The van der Waals surface area contributed by atoms with E-state index in [1.807, 2.05) is 6.92 Å². The lowest BCUT2D eigenvalue weighted by molar-refractivity contribution is 0.0979. The van der Waals surface area contributed by atoms with Gasteiger partial charge in [0.1, 0.15) is 5.75 Å². The highest BCUT2D eigenvalue weighted by atomic mass is 32.2. The molecule has 1 saturated heterocycles. The Hall–Kier alpha value is -1.60. The molecule has 0 radical (unpaired) electrons. The first-order valence-electron chi connectivity index (χ1n) is 6.58. The van der Waals surface area contributed by atoms with Crippen LogP contribution in [0.5, 0.6) is 5.75 Å². The number of rotatable bonds is 5. The standard InChI is InChI=1S/C13H18N2O4S/c1-2-19-12-7-5-6-11(10-12)13(16)14-20(17,18)15-8-3-4-9-15/h5-7,10H,2-4,8-9H2,1H3,(H,14,16). The van der Waals surface area contributed by atoms with E-state index >= 15 is 0 Å². The molecule has 110 valence electrons. The second kappa shape index (κ2) is 6.23. The van der Waals surface area contributed by atoms with Crippen molar-refractivity contribution in [1.82, 2.24) is 9.03 Å². The molecule has 20 heavy (non-hydrogen) atoms. The number of nitrogens with one attached hydrogen (secondary N) is 1. The van der Waals surface area contributed by atoms with Gasteiger partial charge in [-0.2, -0.15) is 12.7 Å². The van der Waals surface area contributed by atoms with Gasteiger partial charge in [-0.15, -0.1) is 0 Å². The largest absolute Gasteiger partial charge is 0.494 e. The minimum absolute atomic E-state index is 0.263. The predicted molar refractivity (Wildman–Crippen MR) is 74.8 cm³/mol. The van der Waals surface area contributed by atoms with Gasteiger partial charge in [-0.3, -0.25) is 4.79 Å². The van der Waals surface area contributed by atoms with Gasteiger partial charge < -0.3 is 4.74 Å². The summed E-state index contributed by atoms with van der Waals surface area (Å²) < 4.78 is 32.6. The second-order valence-corrected chi connectivity index (χ2v) is 6.17. The van der Waals surface area contributed by atoms with Gasteiger partial charge in [-0.1, -0.05) is 6.07 Å². The molecular weight excluding hydrogens is 280 g/mol. The minimum Gasteiger partial charge on any atom is -0.494 e. The van der Waals surface area contributed by atoms with Crippen molar-refractivity contribution in [2.75, 3.05) is 19.7 Å². The molecular formula is C13H18N2O4S. The first kappa shape index (κ1) is 14.8. The summed E-state index contributed by atoms with van der Waals surface area (Å²) >= 11 is 0. The molecule has 1 fully saturated rings. The van der Waals surface area contributed by atoms with Gasteiger partial charge in [0, 0.05) is 18.7 Å². The fourth-order valence-electron chi connectivity index (χ4n) is 2.06. The van der Waals surface area contributed by atoms with E-state index in [4.69, 9.17) is 4.74 Å². The van der Waals surface area contributed by atoms with Crippen LogP contribution in [-0.2, 0) is 10.2 Å². The molecule has 0 aliphatic carbocycles. The van der Waals surface area contributed by atoms with Crippen LogP contribution in [0.3, 0.4) is 0 Å². The number of ether oxygens (including phenoxy) is 1. The fraction of sp³-hybridized carbons (Fsp3) is 0.462. The highest BCUT2D eigenvalue weighted by Gasteiger charge is 2.27. The van der Waals surface area contributed by atoms with Crippen LogP contribution in [0, 0.1) is 0 Å². The lowest BCUT2D eigenvalue weighted by atomic mass is 10.2. The molecule has 1 N–H and O–H groups in total. The molecule has 0 spiro atoms. The maximum absolute atomic E-state index is 12.0. The molecule has 6 nitrogen and oxygen atoms in total. The van der Waals surface area contributed by atoms with Gasteiger partial charge in [-0.05, 0) is 38.0 Å². The van der Waals surface area contributed by atoms with Gasteiger partial charge in [0.25, 0.3) is 5.91 Å². The molecule has 1 aliphatic rings. The van der Waals surface area contributed by atoms with Crippen molar-refractivity contribution in [3.05, 3.63) is 29.8 Å². The summed E-state index contributed by atoms with van der Waals surface area (Å²) in [6.07, 6.45) is 1.66. The monoisotopic (exact) mass is 298 g/mol. The van der Waals surface area contributed by atoms with Crippen LogP contribution in [-0.4, -0.2) is 38.3 Å². The van der Waals surface area contributed by atoms with Crippen LogP contribution < -0.4 is 9.46 Å². The highest BCUT2D eigenvalue weighted by Crippen LogP contribution is 2.15. The Morgan fingerprint density at radius 3 is 2.70 bits per heavy atom. The van der Waals surface area contributed by atoms with E-state index in [2.05, 4.69) is 4.72 Å². The molecule has 1 amide bonds. The van der Waals surface area contributed by atoms with Crippen molar-refractivity contribution in [3.8, 4) is 5.75 Å². The Balaban J connectivity index is 2.09. The predicted octanol–water partition coefficient (Wildman–Crippen LogP) is 1.16. The third-order valence-electron chi connectivity index (χ3n) is 3.03. The van der Waals surface area contributed by atoms with Crippen LogP contribution >= 0.6 is 0 Å². The van der Waals surface area contributed by atoms with E-state index in [9.17, 15) is 13.2 Å². The lowest BCUT2D eigenvalue weighted by Crippen LogP contribution is -2.42. The maximum atomic E-state index is 12.0. The smallest absolute Gasteiger partial charge is 0.304 e. The number of amides is 1. The SMILES string of the molecule is CCOc1cccc(C(=O)NS(=O)(=O)N2CCCC2)c1. The van der Waals surface area contributed by atoms with Gasteiger partial charge in [0.15, 0.2) is 0 Å². The van der Waals surface area contributed by atoms with E-state index in [1.165, 1.54) is 10.4 Å². The Bertz CT molecular complexity index is 580. The fourth-order valence-corrected chi connectivity index (χ4v) is 3.28. The number of benzene rings is 1. The van der Waals surface area contributed by atoms with Gasteiger partial charge in [0.2, 0.25) is 0 Å². The molecule has 7 heteroatoms. The van der Waals surface area contributed by atoms with Crippen molar-refractivity contribution in [3.63, 3.8) is 0 Å². The summed E-state index contributed by atoms with van der Waals surface area (Å²) in [4.78, 5) is 12.0. The second-order valence-electron chi connectivity index (χ2n) is 4.50. The first-order chi connectivity index (χ1) is 9.53. The van der Waals surface area contributed by atoms with E-state index in [0.717, 1.165) is 12.8 Å². The molecule has 1 aromatic carbocycles. The molecule has 0 aromatic heterocycles. The van der Waals surface area contributed by atoms with E-state index in [-0.39, 0.29) is 5.56 Å². The zero-order valence-electron chi connectivity index (χ0n) is 11.3. The highest BCUT2D eigenvalue weighted by molar-refractivity contribution is 7.87. The Morgan fingerprint density at radius 1 is 1.35 bits per heavy atom. The van der Waals surface area contributed by atoms with Crippen LogP contribution in [0.4, 0.5) is 0 Å². The summed E-state index contributed by atoms with van der Waals surface area (Å²) in [6, 6.07) is 6.45. The van der Waals surface area contributed by atoms with Crippen LogP contribution in [0.15, 0.2) is 24.3 Å². The van der Waals surface area contributed by atoms with Crippen LogP contribution in [0.1, 0.15) is 30.1 Å². The number of nitrogens with zero attached hydrogens (tertiary/aromatic N) is 1. The topological polar surface area (TPSA) is 75.7 Å². The molecule has 1 aromatic rings. The zero-order valence-corrected chi connectivity index (χ0v) is 12.1. The first-order valence-corrected chi connectivity index (χ1v) is 8.02. The third kappa shape index (κ3) is 3.49. The van der Waals surface area contributed by atoms with Gasteiger partial charge in [0.05, 0.1) is 6.61 Å². The normalized spacial score (nSPS) is 16.1. The summed E-state index contributed by atoms with van der Waals surface area (Å²) in [6.45, 7) is 3.24. The van der Waals surface area contributed by atoms with Crippen LogP contribution in [0.2, 0.25) is 0 Å². The lowest BCUT2D eigenvalue weighted by Gasteiger charge is -2.16. The molecule has 1 heterocycles. The van der Waals surface area contributed by atoms with Crippen LogP contribution in [0.25, 0.3) is 0 Å². The minimum atomic E-state index is -3.74. The van der Waals surface area contributed by atoms with E-state index in [1.54, 1.807) is 18.2 Å². The Kier molecular flexibility index (Phi) is 4.61. The molecule has 0 bridgehead atoms. The average Bonchev–Trinajstić information content (AvgIpc) is 2.93. The summed E-state index contributed by atoms with van der Waals surface area (Å²) in [7, 11) is -3.74. The number of hydrogen-bond acceptors (Lipinski definition) is 4. The summed E-state index contributed by atoms with van der Waals surface area (Å²) in [5.41, 5.74) is 0.263. The number of carbonyl (C=O) groups is 1. The van der Waals surface area contributed by atoms with E-state index < -0.39 is 16.1 Å². The van der Waals surface area contributed by atoms with Crippen molar-refractivity contribution < 1.29 is 17.9 Å². The molecule has 0 atom stereocenters. The van der Waals surface area contributed by atoms with Crippen molar-refractivity contribution in [2.24, 2.45) is 0 Å². The summed E-state index contributed by atoms with van der Waals surface area (Å²) in [5.74, 6) is -0.0998. The maximum Gasteiger partial charge on any atom is 0.304 e. The van der Waals surface area contributed by atoms with Crippen molar-refractivity contribution >= 4 is 16.1 Å². The molecule has 0 saturated carbocycles. The molecule has 1 aliphatic heterocycles.